The molecule has 0 spiro atoms. The quantitative estimate of drug-likeness (QED) is 0.764. The fraction of sp³-hybridized carbons (Fsp3) is 0.200. The number of rotatable bonds is 3. The standard InChI is InChI=1S/C15H17N/c1-2-5-12-8-10-13(11-9-12)14-6-3-4-7-15(14)16/h2-4,6-11,14-15H,1,5,16H2/t14-,15+/m1/s1. The van der Waals surface area contributed by atoms with Crippen molar-refractivity contribution in [2.75, 3.05) is 0 Å². The maximum atomic E-state index is 6.05. The number of hydrogen-bond donors (Lipinski definition) is 1. The summed E-state index contributed by atoms with van der Waals surface area (Å²) < 4.78 is 0. The van der Waals surface area contributed by atoms with Crippen molar-refractivity contribution in [1.82, 2.24) is 0 Å². The topological polar surface area (TPSA) is 26.0 Å². The Hall–Kier alpha value is -1.60. The van der Waals surface area contributed by atoms with Crippen molar-refractivity contribution >= 4 is 0 Å². The van der Waals surface area contributed by atoms with Crippen molar-refractivity contribution in [3.63, 3.8) is 0 Å². The van der Waals surface area contributed by atoms with E-state index in [1.807, 2.05) is 18.2 Å². The van der Waals surface area contributed by atoms with Crippen LogP contribution in [-0.2, 0) is 6.42 Å². The molecule has 0 radical (unpaired) electrons. The van der Waals surface area contributed by atoms with Crippen LogP contribution in [0.3, 0.4) is 0 Å². The molecule has 0 heterocycles. The maximum Gasteiger partial charge on any atom is 0.0332 e. The molecule has 2 N–H and O–H groups in total. The van der Waals surface area contributed by atoms with Gasteiger partial charge in [-0.1, -0.05) is 54.6 Å². The Morgan fingerprint density at radius 2 is 1.81 bits per heavy atom. The highest BCUT2D eigenvalue weighted by Gasteiger charge is 2.15. The third-order valence-corrected chi connectivity index (χ3v) is 2.92. The Morgan fingerprint density at radius 1 is 1.12 bits per heavy atom. The predicted octanol–water partition coefficient (Wildman–Crippen LogP) is 2.95. The molecule has 0 aliphatic heterocycles. The summed E-state index contributed by atoms with van der Waals surface area (Å²) in [6.45, 7) is 3.74. The lowest BCUT2D eigenvalue weighted by Gasteiger charge is -2.20. The SMILES string of the molecule is C=CCc1ccc([C@H]2C=CC=C[C@@H]2N)cc1. The number of allylic oxidation sites excluding steroid dienone is 3. The molecule has 0 amide bonds. The fourth-order valence-electron chi connectivity index (χ4n) is 2.00. The van der Waals surface area contributed by atoms with Crippen LogP contribution in [0, 0.1) is 0 Å². The van der Waals surface area contributed by atoms with Gasteiger partial charge in [-0.05, 0) is 17.5 Å². The average Bonchev–Trinajstić information content (AvgIpc) is 2.31. The molecule has 1 heteroatoms. The first kappa shape index (κ1) is 10.9. The van der Waals surface area contributed by atoms with Gasteiger partial charge in [0.15, 0.2) is 0 Å². The monoisotopic (exact) mass is 211 g/mol. The maximum absolute atomic E-state index is 6.05. The van der Waals surface area contributed by atoms with Gasteiger partial charge in [0.1, 0.15) is 0 Å². The van der Waals surface area contributed by atoms with Gasteiger partial charge in [0.25, 0.3) is 0 Å². The van der Waals surface area contributed by atoms with Gasteiger partial charge in [-0.25, -0.2) is 0 Å². The first-order chi connectivity index (χ1) is 7.81. The van der Waals surface area contributed by atoms with E-state index in [4.69, 9.17) is 5.73 Å². The zero-order valence-electron chi connectivity index (χ0n) is 9.34. The van der Waals surface area contributed by atoms with Crippen LogP contribution in [0.25, 0.3) is 0 Å². The number of hydrogen-bond acceptors (Lipinski definition) is 1. The van der Waals surface area contributed by atoms with E-state index in [0.29, 0.717) is 5.92 Å². The summed E-state index contributed by atoms with van der Waals surface area (Å²) in [7, 11) is 0. The lowest BCUT2D eigenvalue weighted by molar-refractivity contribution is 0.713. The van der Waals surface area contributed by atoms with Crippen LogP contribution in [-0.4, -0.2) is 6.04 Å². The van der Waals surface area contributed by atoms with E-state index in [0.717, 1.165) is 6.42 Å². The molecule has 16 heavy (non-hydrogen) atoms. The normalized spacial score (nSPS) is 23.3. The first-order valence-corrected chi connectivity index (χ1v) is 5.61. The lowest BCUT2D eigenvalue weighted by atomic mass is 9.88. The molecule has 1 aromatic carbocycles. The second kappa shape index (κ2) is 4.95. The van der Waals surface area contributed by atoms with Crippen molar-refractivity contribution < 1.29 is 0 Å². The number of nitrogens with two attached hydrogens (primary N) is 1. The van der Waals surface area contributed by atoms with Crippen molar-refractivity contribution in [2.45, 2.75) is 18.4 Å². The molecule has 0 saturated carbocycles. The molecule has 2 atom stereocenters. The molecule has 0 aromatic heterocycles. The molecule has 0 unspecified atom stereocenters. The van der Waals surface area contributed by atoms with Crippen molar-refractivity contribution in [2.24, 2.45) is 5.73 Å². The molecular formula is C15H17N. The summed E-state index contributed by atoms with van der Waals surface area (Å²) in [6, 6.07) is 8.71. The number of benzene rings is 1. The predicted molar refractivity (Wildman–Crippen MR) is 69.3 cm³/mol. The second-order valence-corrected chi connectivity index (χ2v) is 4.11. The van der Waals surface area contributed by atoms with Gasteiger partial charge in [-0.3, -0.25) is 0 Å². The van der Waals surface area contributed by atoms with Crippen LogP contribution < -0.4 is 5.73 Å². The van der Waals surface area contributed by atoms with Gasteiger partial charge >= 0.3 is 0 Å². The molecule has 1 aliphatic carbocycles. The van der Waals surface area contributed by atoms with E-state index in [1.165, 1.54) is 11.1 Å². The Balaban J connectivity index is 2.18. The van der Waals surface area contributed by atoms with Crippen LogP contribution in [0.5, 0.6) is 0 Å². The summed E-state index contributed by atoms with van der Waals surface area (Å²) in [6.07, 6.45) is 11.1. The van der Waals surface area contributed by atoms with Gasteiger partial charge in [0.2, 0.25) is 0 Å². The highest BCUT2D eigenvalue weighted by Crippen LogP contribution is 2.24. The summed E-state index contributed by atoms with van der Waals surface area (Å²) in [5.74, 6) is 0.308. The smallest absolute Gasteiger partial charge is 0.0332 e. The largest absolute Gasteiger partial charge is 0.324 e. The molecule has 1 aliphatic rings. The minimum absolute atomic E-state index is 0.0928. The summed E-state index contributed by atoms with van der Waals surface area (Å²) in [5, 5.41) is 0. The third kappa shape index (κ3) is 2.31. The summed E-state index contributed by atoms with van der Waals surface area (Å²) in [5.41, 5.74) is 8.63. The lowest BCUT2D eigenvalue weighted by Crippen LogP contribution is -2.26. The Labute approximate surface area is 97.0 Å². The van der Waals surface area contributed by atoms with Gasteiger partial charge in [-0.15, -0.1) is 6.58 Å². The van der Waals surface area contributed by atoms with E-state index in [1.54, 1.807) is 0 Å². The van der Waals surface area contributed by atoms with Crippen molar-refractivity contribution in [3.8, 4) is 0 Å². The van der Waals surface area contributed by atoms with Crippen LogP contribution in [0.2, 0.25) is 0 Å². The van der Waals surface area contributed by atoms with Crippen LogP contribution in [0.4, 0.5) is 0 Å². The zero-order valence-corrected chi connectivity index (χ0v) is 9.34. The first-order valence-electron chi connectivity index (χ1n) is 5.61. The Bertz CT molecular complexity index is 412. The highest BCUT2D eigenvalue weighted by molar-refractivity contribution is 5.34. The van der Waals surface area contributed by atoms with Crippen LogP contribution in [0.15, 0.2) is 61.2 Å². The van der Waals surface area contributed by atoms with Gasteiger partial charge in [0.05, 0.1) is 0 Å². The van der Waals surface area contributed by atoms with Crippen LogP contribution >= 0.6 is 0 Å². The second-order valence-electron chi connectivity index (χ2n) is 4.11. The zero-order chi connectivity index (χ0) is 11.4. The van der Waals surface area contributed by atoms with Gasteiger partial charge in [0, 0.05) is 12.0 Å². The van der Waals surface area contributed by atoms with E-state index in [2.05, 4.69) is 43.0 Å². The molecule has 0 saturated heterocycles. The molecule has 82 valence electrons. The van der Waals surface area contributed by atoms with Gasteiger partial charge < -0.3 is 5.73 Å². The molecule has 0 bridgehead atoms. The van der Waals surface area contributed by atoms with E-state index in [-0.39, 0.29) is 6.04 Å². The Kier molecular flexibility index (Phi) is 3.37. The molecular weight excluding hydrogens is 194 g/mol. The third-order valence-electron chi connectivity index (χ3n) is 2.92. The minimum Gasteiger partial charge on any atom is -0.324 e. The summed E-state index contributed by atoms with van der Waals surface area (Å²) >= 11 is 0. The molecule has 0 fully saturated rings. The Morgan fingerprint density at radius 3 is 2.44 bits per heavy atom. The fourth-order valence-corrected chi connectivity index (χ4v) is 2.00. The highest BCUT2D eigenvalue weighted by atomic mass is 14.6. The van der Waals surface area contributed by atoms with Crippen molar-refractivity contribution in [1.29, 1.82) is 0 Å². The molecule has 1 aromatic rings. The minimum atomic E-state index is 0.0928. The van der Waals surface area contributed by atoms with E-state index >= 15 is 0 Å². The van der Waals surface area contributed by atoms with Crippen LogP contribution in [0.1, 0.15) is 17.0 Å². The molecule has 2 rings (SSSR count). The molecule has 1 nitrogen and oxygen atoms in total. The van der Waals surface area contributed by atoms with Crippen molar-refractivity contribution in [3.05, 3.63) is 72.4 Å². The van der Waals surface area contributed by atoms with E-state index in [9.17, 15) is 0 Å². The average molecular weight is 211 g/mol. The van der Waals surface area contributed by atoms with Gasteiger partial charge in [-0.2, -0.15) is 0 Å². The van der Waals surface area contributed by atoms with E-state index < -0.39 is 0 Å². The summed E-state index contributed by atoms with van der Waals surface area (Å²) in [4.78, 5) is 0.